The van der Waals surface area contributed by atoms with E-state index in [4.69, 9.17) is 4.74 Å². The summed E-state index contributed by atoms with van der Waals surface area (Å²) in [5.74, 6) is 0.572. The number of hydrogen-bond acceptors (Lipinski definition) is 4. The van der Waals surface area contributed by atoms with Crippen molar-refractivity contribution >= 4 is 16.7 Å². The first-order valence-electron chi connectivity index (χ1n) is 8.44. The van der Waals surface area contributed by atoms with E-state index in [0.29, 0.717) is 24.7 Å². The maximum Gasteiger partial charge on any atom is 0.273 e. The molecule has 126 valence electrons. The summed E-state index contributed by atoms with van der Waals surface area (Å²) in [6, 6.07) is 15.5. The minimum absolute atomic E-state index is 0.0340. The summed E-state index contributed by atoms with van der Waals surface area (Å²) in [6.45, 7) is 3.16. The Morgan fingerprint density at radius 1 is 1.16 bits per heavy atom. The van der Waals surface area contributed by atoms with E-state index in [2.05, 4.69) is 9.97 Å². The number of nitrogens with zero attached hydrogens (tertiary/aromatic N) is 3. The number of fused-ring (bicyclic) bond motifs is 1. The van der Waals surface area contributed by atoms with Gasteiger partial charge in [0.2, 0.25) is 5.88 Å². The Kier molecular flexibility index (Phi) is 4.06. The number of likely N-dealkylation sites (tertiary alicyclic amines) is 1. The van der Waals surface area contributed by atoms with Gasteiger partial charge in [-0.3, -0.25) is 9.78 Å². The van der Waals surface area contributed by atoms with Gasteiger partial charge in [0.15, 0.2) is 0 Å². The largest absolute Gasteiger partial charge is 0.472 e. The first kappa shape index (κ1) is 15.6. The molecule has 1 aliphatic rings. The summed E-state index contributed by atoms with van der Waals surface area (Å²) in [5.41, 5.74) is 1.43. The van der Waals surface area contributed by atoms with Crippen molar-refractivity contribution in [1.82, 2.24) is 14.9 Å². The van der Waals surface area contributed by atoms with Gasteiger partial charge in [-0.1, -0.05) is 30.3 Å². The number of aryl methyl sites for hydroxylation is 1. The maximum absolute atomic E-state index is 12.9. The lowest BCUT2D eigenvalue weighted by molar-refractivity contribution is 0.0767. The van der Waals surface area contributed by atoms with Crippen LogP contribution in [0.4, 0.5) is 0 Å². The normalized spacial score (nSPS) is 17.0. The molecule has 1 amide bonds. The monoisotopic (exact) mass is 333 g/mol. The van der Waals surface area contributed by atoms with Crippen LogP contribution >= 0.6 is 0 Å². The Bertz CT molecular complexity index is 920. The third kappa shape index (κ3) is 3.18. The van der Waals surface area contributed by atoms with Gasteiger partial charge in [-0.05, 0) is 24.4 Å². The standard InChI is InChI=1S/C20H19N3O2/c1-14-5-4-8-18(22-14)25-16-10-12-23(13-16)20(24)19-17-7-3-2-6-15(17)9-11-21-19/h2-9,11,16H,10,12-13H2,1H3. The minimum Gasteiger partial charge on any atom is -0.472 e. The molecule has 1 aromatic carbocycles. The molecule has 0 bridgehead atoms. The van der Waals surface area contributed by atoms with Crippen LogP contribution in [0.3, 0.4) is 0 Å². The molecule has 1 fully saturated rings. The predicted octanol–water partition coefficient (Wildman–Crippen LogP) is 3.23. The van der Waals surface area contributed by atoms with E-state index in [0.717, 1.165) is 22.9 Å². The van der Waals surface area contributed by atoms with Gasteiger partial charge in [-0.15, -0.1) is 0 Å². The smallest absolute Gasteiger partial charge is 0.273 e. The SMILES string of the molecule is Cc1cccc(OC2CCN(C(=O)c3nccc4ccccc34)C2)n1. The molecule has 1 unspecified atom stereocenters. The number of aromatic nitrogens is 2. The molecule has 5 heteroatoms. The van der Waals surface area contributed by atoms with E-state index in [9.17, 15) is 4.79 Å². The van der Waals surface area contributed by atoms with Crippen LogP contribution in [0.5, 0.6) is 5.88 Å². The molecule has 0 N–H and O–H groups in total. The van der Waals surface area contributed by atoms with E-state index in [1.54, 1.807) is 6.20 Å². The van der Waals surface area contributed by atoms with E-state index in [1.807, 2.05) is 60.4 Å². The van der Waals surface area contributed by atoms with Crippen LogP contribution in [0.25, 0.3) is 10.8 Å². The van der Waals surface area contributed by atoms with Crippen LogP contribution in [-0.4, -0.2) is 40.0 Å². The lowest BCUT2D eigenvalue weighted by Crippen LogP contribution is -2.31. The zero-order valence-electron chi connectivity index (χ0n) is 14.1. The van der Waals surface area contributed by atoms with E-state index in [-0.39, 0.29) is 12.0 Å². The summed E-state index contributed by atoms with van der Waals surface area (Å²) in [6.07, 6.45) is 2.45. The highest BCUT2D eigenvalue weighted by molar-refractivity contribution is 6.05. The molecule has 3 heterocycles. The number of carbonyl (C=O) groups excluding carboxylic acids is 1. The number of hydrogen-bond donors (Lipinski definition) is 0. The van der Waals surface area contributed by atoms with E-state index in [1.165, 1.54) is 0 Å². The molecule has 1 atom stereocenters. The molecule has 0 radical (unpaired) electrons. The number of pyridine rings is 2. The summed E-state index contributed by atoms with van der Waals surface area (Å²) in [7, 11) is 0. The lowest BCUT2D eigenvalue weighted by atomic mass is 10.1. The Morgan fingerprint density at radius 2 is 2.04 bits per heavy atom. The van der Waals surface area contributed by atoms with Crippen LogP contribution in [0.15, 0.2) is 54.7 Å². The summed E-state index contributed by atoms with van der Waals surface area (Å²) in [5, 5.41) is 1.91. The number of benzene rings is 1. The molecule has 1 aliphatic heterocycles. The van der Waals surface area contributed by atoms with Gasteiger partial charge < -0.3 is 9.64 Å². The zero-order valence-corrected chi connectivity index (χ0v) is 14.1. The van der Waals surface area contributed by atoms with Gasteiger partial charge in [0.1, 0.15) is 11.8 Å². The van der Waals surface area contributed by atoms with Crippen molar-refractivity contribution in [1.29, 1.82) is 0 Å². The Hall–Kier alpha value is -2.95. The fourth-order valence-corrected chi connectivity index (χ4v) is 3.20. The molecule has 3 aromatic rings. The highest BCUT2D eigenvalue weighted by atomic mass is 16.5. The van der Waals surface area contributed by atoms with Gasteiger partial charge in [-0.2, -0.15) is 0 Å². The summed E-state index contributed by atoms with van der Waals surface area (Å²) < 4.78 is 5.93. The second-order valence-electron chi connectivity index (χ2n) is 6.28. The van der Waals surface area contributed by atoms with Crippen molar-refractivity contribution in [3.8, 4) is 5.88 Å². The van der Waals surface area contributed by atoms with Crippen molar-refractivity contribution in [2.24, 2.45) is 0 Å². The van der Waals surface area contributed by atoms with Crippen molar-refractivity contribution in [2.75, 3.05) is 13.1 Å². The molecular formula is C20H19N3O2. The molecule has 1 saturated heterocycles. The van der Waals surface area contributed by atoms with Crippen molar-refractivity contribution < 1.29 is 9.53 Å². The second kappa shape index (κ2) is 6.51. The van der Waals surface area contributed by atoms with Crippen molar-refractivity contribution in [2.45, 2.75) is 19.4 Å². The Balaban J connectivity index is 1.50. The fourth-order valence-electron chi connectivity index (χ4n) is 3.20. The summed E-state index contributed by atoms with van der Waals surface area (Å²) >= 11 is 0. The first-order chi connectivity index (χ1) is 12.2. The highest BCUT2D eigenvalue weighted by Gasteiger charge is 2.29. The molecule has 0 saturated carbocycles. The van der Waals surface area contributed by atoms with Crippen molar-refractivity contribution in [3.05, 3.63) is 66.1 Å². The molecule has 2 aromatic heterocycles. The third-order valence-corrected chi connectivity index (χ3v) is 4.46. The summed E-state index contributed by atoms with van der Waals surface area (Å²) in [4.78, 5) is 23.4. The molecule has 5 nitrogen and oxygen atoms in total. The molecule has 25 heavy (non-hydrogen) atoms. The highest BCUT2D eigenvalue weighted by Crippen LogP contribution is 2.22. The van der Waals surface area contributed by atoms with Gasteiger partial charge in [0, 0.05) is 36.3 Å². The van der Waals surface area contributed by atoms with Crippen LogP contribution < -0.4 is 4.74 Å². The van der Waals surface area contributed by atoms with Crippen LogP contribution in [-0.2, 0) is 0 Å². The Labute approximate surface area is 146 Å². The predicted molar refractivity (Wildman–Crippen MR) is 95.7 cm³/mol. The van der Waals surface area contributed by atoms with Crippen LogP contribution in [0.1, 0.15) is 22.6 Å². The van der Waals surface area contributed by atoms with Gasteiger partial charge in [-0.25, -0.2) is 4.98 Å². The van der Waals surface area contributed by atoms with Gasteiger partial charge in [0.25, 0.3) is 5.91 Å². The molecule has 4 rings (SSSR count). The number of rotatable bonds is 3. The lowest BCUT2D eigenvalue weighted by Gasteiger charge is -2.17. The van der Waals surface area contributed by atoms with Gasteiger partial charge >= 0.3 is 0 Å². The van der Waals surface area contributed by atoms with E-state index < -0.39 is 0 Å². The second-order valence-corrected chi connectivity index (χ2v) is 6.28. The van der Waals surface area contributed by atoms with Crippen LogP contribution in [0.2, 0.25) is 0 Å². The average molecular weight is 333 g/mol. The van der Waals surface area contributed by atoms with E-state index >= 15 is 0 Å². The number of ether oxygens (including phenoxy) is 1. The maximum atomic E-state index is 12.9. The zero-order chi connectivity index (χ0) is 17.2. The fraction of sp³-hybridized carbons (Fsp3) is 0.250. The molecule has 0 spiro atoms. The van der Waals surface area contributed by atoms with Crippen LogP contribution in [0, 0.1) is 6.92 Å². The molecule has 0 aliphatic carbocycles. The van der Waals surface area contributed by atoms with Crippen molar-refractivity contribution in [3.63, 3.8) is 0 Å². The van der Waals surface area contributed by atoms with Gasteiger partial charge in [0.05, 0.1) is 6.54 Å². The number of amides is 1. The number of carbonyl (C=O) groups is 1. The first-order valence-corrected chi connectivity index (χ1v) is 8.44. The Morgan fingerprint density at radius 3 is 2.92 bits per heavy atom. The third-order valence-electron chi connectivity index (χ3n) is 4.46. The average Bonchev–Trinajstić information content (AvgIpc) is 3.09. The molecular weight excluding hydrogens is 314 g/mol. The quantitative estimate of drug-likeness (QED) is 0.738. The minimum atomic E-state index is -0.0416. The topological polar surface area (TPSA) is 55.3 Å².